The smallest absolute Gasteiger partial charge is 0.263 e. The summed E-state index contributed by atoms with van der Waals surface area (Å²) in [6.07, 6.45) is 3.34. The molecule has 0 aromatic carbocycles. The zero-order chi connectivity index (χ0) is 9.26. The van der Waals surface area contributed by atoms with Crippen LogP contribution in [-0.4, -0.2) is 15.2 Å². The minimum Gasteiger partial charge on any atom is -0.263 e. The Hall–Kier alpha value is -1.01. The molecule has 0 radical (unpaired) electrons. The lowest BCUT2D eigenvalue weighted by molar-refractivity contribution is 1.06. The number of pyridine rings is 1. The van der Waals surface area contributed by atoms with Gasteiger partial charge >= 0.3 is 4.87 Å². The lowest BCUT2D eigenvalue weighted by Gasteiger charge is -1.93. The molecule has 0 fully saturated rings. The maximum atomic E-state index is 10.8. The Morgan fingerprint density at radius 2 is 2.31 bits per heavy atom. The largest absolute Gasteiger partial charge is 0.322 e. The summed E-state index contributed by atoms with van der Waals surface area (Å²) in [4.78, 5) is 14.6. The fraction of sp³-hybridized carbons (Fsp3) is 0. The second-order valence-corrected chi connectivity index (χ2v) is 4.19. The monoisotopic (exact) mass is 257 g/mol. The molecule has 2 heterocycles. The van der Waals surface area contributed by atoms with Crippen LogP contribution in [0.4, 0.5) is 0 Å². The van der Waals surface area contributed by atoms with Crippen LogP contribution in [0.25, 0.3) is 10.6 Å². The Kier molecular flexibility index (Phi) is 2.24. The number of aromatic amines is 1. The number of halogens is 1. The topological polar surface area (TPSA) is 58.6 Å². The van der Waals surface area contributed by atoms with Crippen molar-refractivity contribution in [2.45, 2.75) is 0 Å². The number of hydrogen-bond donors (Lipinski definition) is 1. The van der Waals surface area contributed by atoms with E-state index in [9.17, 15) is 4.79 Å². The van der Waals surface area contributed by atoms with E-state index in [1.807, 2.05) is 6.07 Å². The summed E-state index contributed by atoms with van der Waals surface area (Å²) in [6.45, 7) is 0. The van der Waals surface area contributed by atoms with Gasteiger partial charge in [-0.3, -0.25) is 9.78 Å². The number of nitrogens with one attached hydrogen (secondary N) is 1. The Balaban J connectivity index is 2.52. The lowest BCUT2D eigenvalue weighted by atomic mass is 10.3. The van der Waals surface area contributed by atoms with Crippen LogP contribution in [0.15, 0.2) is 27.7 Å². The molecule has 0 aliphatic carbocycles. The van der Waals surface area contributed by atoms with Gasteiger partial charge in [0, 0.05) is 22.4 Å². The molecule has 2 aromatic heterocycles. The molecule has 0 saturated carbocycles. The van der Waals surface area contributed by atoms with Gasteiger partial charge in [0.1, 0.15) is 5.01 Å². The van der Waals surface area contributed by atoms with Crippen LogP contribution in [-0.2, 0) is 0 Å². The lowest BCUT2D eigenvalue weighted by Crippen LogP contribution is -1.90. The van der Waals surface area contributed by atoms with Crippen molar-refractivity contribution in [1.82, 2.24) is 15.2 Å². The standard InChI is InChI=1S/C7H4BrN3OS/c8-5-1-4(2-9-3-5)6-10-11-7(12)13-6/h1-3H,(H,11,12). The van der Waals surface area contributed by atoms with Crippen LogP contribution in [0.2, 0.25) is 0 Å². The minimum atomic E-state index is -0.157. The van der Waals surface area contributed by atoms with Crippen molar-refractivity contribution in [3.63, 3.8) is 0 Å². The van der Waals surface area contributed by atoms with Gasteiger partial charge in [0.05, 0.1) is 0 Å². The fourth-order valence-electron chi connectivity index (χ4n) is 0.882. The first-order valence-corrected chi connectivity index (χ1v) is 5.03. The molecule has 0 amide bonds. The highest BCUT2D eigenvalue weighted by Crippen LogP contribution is 2.20. The van der Waals surface area contributed by atoms with Gasteiger partial charge in [-0.1, -0.05) is 11.3 Å². The highest BCUT2D eigenvalue weighted by atomic mass is 79.9. The average molecular weight is 258 g/mol. The van der Waals surface area contributed by atoms with Crippen molar-refractivity contribution in [2.75, 3.05) is 0 Å². The Morgan fingerprint density at radius 1 is 1.46 bits per heavy atom. The van der Waals surface area contributed by atoms with E-state index < -0.39 is 0 Å². The highest BCUT2D eigenvalue weighted by molar-refractivity contribution is 9.10. The van der Waals surface area contributed by atoms with Crippen molar-refractivity contribution in [2.24, 2.45) is 0 Å². The van der Waals surface area contributed by atoms with E-state index in [0.717, 1.165) is 21.4 Å². The van der Waals surface area contributed by atoms with Crippen LogP contribution in [0.5, 0.6) is 0 Å². The van der Waals surface area contributed by atoms with Crippen LogP contribution >= 0.6 is 27.3 Å². The molecule has 0 saturated heterocycles. The molecule has 6 heteroatoms. The summed E-state index contributed by atoms with van der Waals surface area (Å²) in [6, 6.07) is 1.86. The van der Waals surface area contributed by atoms with Crippen molar-refractivity contribution in [3.05, 3.63) is 32.6 Å². The van der Waals surface area contributed by atoms with Crippen LogP contribution < -0.4 is 4.87 Å². The quantitative estimate of drug-likeness (QED) is 0.846. The third-order valence-corrected chi connectivity index (χ3v) is 2.62. The summed E-state index contributed by atoms with van der Waals surface area (Å²) in [5.41, 5.74) is 0.831. The van der Waals surface area contributed by atoms with Crippen molar-refractivity contribution >= 4 is 27.3 Å². The molecule has 0 aliphatic heterocycles. The normalized spacial score (nSPS) is 10.2. The van der Waals surface area contributed by atoms with Gasteiger partial charge < -0.3 is 0 Å². The van der Waals surface area contributed by atoms with Gasteiger partial charge in [0.15, 0.2) is 0 Å². The Morgan fingerprint density at radius 3 is 2.92 bits per heavy atom. The molecular weight excluding hydrogens is 254 g/mol. The molecule has 66 valence electrons. The van der Waals surface area contributed by atoms with E-state index in [0.29, 0.717) is 5.01 Å². The van der Waals surface area contributed by atoms with Gasteiger partial charge in [-0.2, -0.15) is 5.10 Å². The van der Waals surface area contributed by atoms with Gasteiger partial charge in [-0.25, -0.2) is 5.10 Å². The highest BCUT2D eigenvalue weighted by Gasteiger charge is 2.03. The molecule has 0 unspecified atom stereocenters. The maximum Gasteiger partial charge on any atom is 0.322 e. The summed E-state index contributed by atoms with van der Waals surface area (Å²) in [5.74, 6) is 0. The Bertz CT molecular complexity index is 478. The van der Waals surface area contributed by atoms with E-state index >= 15 is 0 Å². The first-order chi connectivity index (χ1) is 6.25. The molecule has 0 aliphatic rings. The van der Waals surface area contributed by atoms with Crippen LogP contribution in [0.1, 0.15) is 0 Å². The van der Waals surface area contributed by atoms with E-state index in [-0.39, 0.29) is 4.87 Å². The number of hydrogen-bond acceptors (Lipinski definition) is 4. The molecule has 2 aromatic rings. The minimum absolute atomic E-state index is 0.157. The fourth-order valence-corrected chi connectivity index (χ4v) is 1.83. The SMILES string of the molecule is O=c1[nH]nc(-c2cncc(Br)c2)s1. The van der Waals surface area contributed by atoms with E-state index in [4.69, 9.17) is 0 Å². The van der Waals surface area contributed by atoms with E-state index in [1.165, 1.54) is 0 Å². The molecule has 13 heavy (non-hydrogen) atoms. The first-order valence-electron chi connectivity index (χ1n) is 3.42. The average Bonchev–Trinajstić information content (AvgIpc) is 2.52. The van der Waals surface area contributed by atoms with Crippen molar-refractivity contribution in [3.8, 4) is 10.6 Å². The summed E-state index contributed by atoms with van der Waals surface area (Å²) in [5, 5.41) is 6.86. The molecule has 0 atom stereocenters. The van der Waals surface area contributed by atoms with Gasteiger partial charge in [-0.15, -0.1) is 0 Å². The number of aromatic nitrogens is 3. The molecule has 4 nitrogen and oxygen atoms in total. The zero-order valence-corrected chi connectivity index (χ0v) is 8.72. The van der Waals surface area contributed by atoms with E-state index in [1.54, 1.807) is 12.4 Å². The molecule has 0 spiro atoms. The van der Waals surface area contributed by atoms with Crippen LogP contribution in [0.3, 0.4) is 0 Å². The molecule has 1 N–H and O–H groups in total. The summed E-state index contributed by atoms with van der Waals surface area (Å²) in [7, 11) is 0. The predicted octanol–water partition coefficient (Wildman–Crippen LogP) is 1.66. The third kappa shape index (κ3) is 1.84. The molecule has 2 rings (SSSR count). The van der Waals surface area contributed by atoms with Gasteiger partial charge in [-0.05, 0) is 22.0 Å². The second kappa shape index (κ2) is 3.39. The summed E-state index contributed by atoms with van der Waals surface area (Å²) < 4.78 is 0.868. The van der Waals surface area contributed by atoms with Crippen molar-refractivity contribution < 1.29 is 0 Å². The summed E-state index contributed by atoms with van der Waals surface area (Å²) >= 11 is 4.36. The molecule has 0 bridgehead atoms. The Labute approximate surface area is 85.8 Å². The maximum absolute atomic E-state index is 10.8. The van der Waals surface area contributed by atoms with Gasteiger partial charge in [0.2, 0.25) is 0 Å². The second-order valence-electron chi connectivity index (χ2n) is 2.31. The number of rotatable bonds is 1. The number of nitrogens with zero attached hydrogens (tertiary/aromatic N) is 2. The number of H-pyrrole nitrogens is 1. The first kappa shape index (κ1) is 8.58. The van der Waals surface area contributed by atoms with Crippen LogP contribution in [0, 0.1) is 0 Å². The van der Waals surface area contributed by atoms with Crippen molar-refractivity contribution in [1.29, 1.82) is 0 Å². The van der Waals surface area contributed by atoms with Gasteiger partial charge in [0.25, 0.3) is 0 Å². The zero-order valence-electron chi connectivity index (χ0n) is 6.32. The predicted molar refractivity (Wildman–Crippen MR) is 53.7 cm³/mol. The van der Waals surface area contributed by atoms with E-state index in [2.05, 4.69) is 31.1 Å². The molecular formula is C7H4BrN3OS. The third-order valence-electron chi connectivity index (χ3n) is 1.39.